The highest BCUT2D eigenvalue weighted by Crippen LogP contribution is 2.42. The Labute approximate surface area is 201 Å². The number of aliphatic hydroxyl groups excluding tert-OH is 1. The van der Waals surface area contributed by atoms with Crippen molar-refractivity contribution in [3.05, 3.63) is 95.1 Å². The third-order valence-corrected chi connectivity index (χ3v) is 5.79. The number of hydrogen-bond donors (Lipinski definition) is 2. The zero-order valence-corrected chi connectivity index (χ0v) is 19.1. The summed E-state index contributed by atoms with van der Waals surface area (Å²) in [4.78, 5) is 38.8. The lowest BCUT2D eigenvalue weighted by atomic mass is 9.95. The summed E-state index contributed by atoms with van der Waals surface area (Å²) in [6.07, 6.45) is -0.170. The molecule has 1 aliphatic heterocycles. The predicted molar refractivity (Wildman–Crippen MR) is 129 cm³/mol. The van der Waals surface area contributed by atoms with Crippen LogP contribution in [0.3, 0.4) is 0 Å². The lowest BCUT2D eigenvalue weighted by Crippen LogP contribution is -2.29. The zero-order chi connectivity index (χ0) is 25.1. The Kier molecular flexibility index (Phi) is 6.55. The van der Waals surface area contributed by atoms with Crippen LogP contribution >= 0.6 is 0 Å². The summed E-state index contributed by atoms with van der Waals surface area (Å²) in [7, 11) is 3.02. The van der Waals surface area contributed by atoms with Gasteiger partial charge in [0, 0.05) is 11.3 Å². The third-order valence-electron chi connectivity index (χ3n) is 5.79. The maximum Gasteiger partial charge on any atom is 0.307 e. The van der Waals surface area contributed by atoms with Gasteiger partial charge in [-0.15, -0.1) is 0 Å². The number of anilines is 1. The number of carbonyl (C=O) groups is 3. The molecule has 1 saturated heterocycles. The van der Waals surface area contributed by atoms with E-state index >= 15 is 0 Å². The van der Waals surface area contributed by atoms with Crippen molar-refractivity contribution in [3.8, 4) is 11.5 Å². The van der Waals surface area contributed by atoms with Crippen LogP contribution in [0.2, 0.25) is 0 Å². The Morgan fingerprint density at radius 3 is 2.14 bits per heavy atom. The second-order valence-electron chi connectivity index (χ2n) is 7.91. The molecule has 0 saturated carbocycles. The number of methoxy groups -OCH3 is 2. The predicted octanol–water partition coefficient (Wildman–Crippen LogP) is 3.96. The number of ketones is 1. The highest BCUT2D eigenvalue weighted by molar-refractivity contribution is 6.51. The van der Waals surface area contributed by atoms with Crippen molar-refractivity contribution in [3.63, 3.8) is 0 Å². The highest BCUT2D eigenvalue weighted by Gasteiger charge is 2.47. The summed E-state index contributed by atoms with van der Waals surface area (Å²) >= 11 is 0. The van der Waals surface area contributed by atoms with Gasteiger partial charge in [0.1, 0.15) is 17.3 Å². The maximum absolute atomic E-state index is 13.2. The summed E-state index contributed by atoms with van der Waals surface area (Å²) in [6, 6.07) is 18.9. The molecule has 3 aromatic carbocycles. The molecule has 1 fully saturated rings. The van der Waals surface area contributed by atoms with Gasteiger partial charge in [-0.25, -0.2) is 0 Å². The molecule has 8 heteroatoms. The van der Waals surface area contributed by atoms with Gasteiger partial charge >= 0.3 is 5.97 Å². The van der Waals surface area contributed by atoms with Crippen LogP contribution in [0.25, 0.3) is 5.76 Å². The normalized spacial score (nSPS) is 16.9. The van der Waals surface area contributed by atoms with E-state index in [-0.39, 0.29) is 17.8 Å². The second-order valence-corrected chi connectivity index (χ2v) is 7.91. The first kappa shape index (κ1) is 23.6. The van der Waals surface area contributed by atoms with Gasteiger partial charge in [0.05, 0.1) is 32.3 Å². The molecule has 1 amide bonds. The lowest BCUT2D eigenvalue weighted by molar-refractivity contribution is -0.136. The van der Waals surface area contributed by atoms with Gasteiger partial charge in [0.2, 0.25) is 0 Å². The Morgan fingerprint density at radius 2 is 1.54 bits per heavy atom. The van der Waals surface area contributed by atoms with Crippen LogP contribution in [0.4, 0.5) is 5.69 Å². The number of rotatable bonds is 7. The van der Waals surface area contributed by atoms with Crippen LogP contribution < -0.4 is 14.4 Å². The van der Waals surface area contributed by atoms with E-state index in [1.165, 1.54) is 19.1 Å². The summed E-state index contributed by atoms with van der Waals surface area (Å²) in [5.74, 6) is -1.86. The van der Waals surface area contributed by atoms with Gasteiger partial charge in [-0.05, 0) is 47.5 Å². The molecule has 0 radical (unpaired) electrons. The van der Waals surface area contributed by atoms with Crippen molar-refractivity contribution >= 4 is 29.1 Å². The van der Waals surface area contributed by atoms with Gasteiger partial charge in [0.25, 0.3) is 11.7 Å². The van der Waals surface area contributed by atoms with Gasteiger partial charge in [-0.3, -0.25) is 19.3 Å². The van der Waals surface area contributed by atoms with E-state index in [1.54, 1.807) is 72.8 Å². The number of carboxylic acid groups (broad SMARTS) is 1. The number of carboxylic acids is 1. The average Bonchev–Trinajstić information content (AvgIpc) is 3.14. The van der Waals surface area contributed by atoms with E-state index in [0.717, 1.165) is 0 Å². The van der Waals surface area contributed by atoms with Crippen molar-refractivity contribution in [1.29, 1.82) is 0 Å². The molecule has 35 heavy (non-hydrogen) atoms. The van der Waals surface area contributed by atoms with E-state index in [4.69, 9.17) is 14.6 Å². The fourth-order valence-electron chi connectivity index (χ4n) is 4.08. The minimum atomic E-state index is -0.977. The molecule has 1 unspecified atom stereocenters. The summed E-state index contributed by atoms with van der Waals surface area (Å²) in [5, 5.41) is 20.2. The number of aliphatic carboxylic acids is 1. The zero-order valence-electron chi connectivity index (χ0n) is 19.1. The van der Waals surface area contributed by atoms with Crippen molar-refractivity contribution in [2.24, 2.45) is 0 Å². The molecule has 1 aliphatic rings. The molecule has 1 atom stereocenters. The largest absolute Gasteiger partial charge is 0.507 e. The SMILES string of the molecule is COc1ccc(C2/C(=C(/O)c3cccc(OC)c3)C(=O)C(=O)N2c2ccc(CC(=O)O)cc2)cc1. The molecule has 0 aliphatic carbocycles. The number of benzene rings is 3. The topological polar surface area (TPSA) is 113 Å². The Balaban J connectivity index is 1.87. The Morgan fingerprint density at radius 1 is 0.886 bits per heavy atom. The molecular formula is C27H23NO7. The van der Waals surface area contributed by atoms with Crippen LogP contribution in [0.1, 0.15) is 22.7 Å². The summed E-state index contributed by atoms with van der Waals surface area (Å²) in [5.41, 5.74) is 1.80. The molecule has 4 rings (SSSR count). The van der Waals surface area contributed by atoms with Crippen LogP contribution in [-0.2, 0) is 20.8 Å². The molecule has 1 heterocycles. The van der Waals surface area contributed by atoms with Gasteiger partial charge in [-0.2, -0.15) is 0 Å². The highest BCUT2D eigenvalue weighted by atomic mass is 16.5. The number of amides is 1. The van der Waals surface area contributed by atoms with Crippen LogP contribution in [-0.4, -0.2) is 42.1 Å². The average molecular weight is 473 g/mol. The lowest BCUT2D eigenvalue weighted by Gasteiger charge is -2.25. The van der Waals surface area contributed by atoms with Crippen LogP contribution in [0, 0.1) is 0 Å². The van der Waals surface area contributed by atoms with Crippen molar-refractivity contribution in [2.45, 2.75) is 12.5 Å². The molecule has 2 N–H and O–H groups in total. The molecule has 0 spiro atoms. The molecular weight excluding hydrogens is 450 g/mol. The minimum Gasteiger partial charge on any atom is -0.507 e. The molecule has 0 aromatic heterocycles. The molecule has 8 nitrogen and oxygen atoms in total. The Hall–Kier alpha value is -4.59. The quantitative estimate of drug-likeness (QED) is 0.303. The fourth-order valence-corrected chi connectivity index (χ4v) is 4.08. The van der Waals surface area contributed by atoms with Gasteiger partial charge in [-0.1, -0.05) is 36.4 Å². The van der Waals surface area contributed by atoms with Crippen molar-refractivity contribution < 1.29 is 34.1 Å². The third kappa shape index (κ3) is 4.59. The number of ether oxygens (including phenoxy) is 2. The Bertz CT molecular complexity index is 1310. The van der Waals surface area contributed by atoms with Crippen LogP contribution in [0.5, 0.6) is 11.5 Å². The second kappa shape index (κ2) is 9.72. The first-order valence-corrected chi connectivity index (χ1v) is 10.7. The first-order valence-electron chi connectivity index (χ1n) is 10.7. The summed E-state index contributed by atoms with van der Waals surface area (Å²) in [6.45, 7) is 0. The van der Waals surface area contributed by atoms with E-state index in [2.05, 4.69) is 0 Å². The number of hydrogen-bond acceptors (Lipinski definition) is 6. The molecule has 0 bridgehead atoms. The number of aliphatic hydroxyl groups is 1. The van der Waals surface area contributed by atoms with Crippen molar-refractivity contribution in [2.75, 3.05) is 19.1 Å². The van der Waals surface area contributed by atoms with Crippen LogP contribution in [0.15, 0.2) is 78.4 Å². The summed E-state index contributed by atoms with van der Waals surface area (Å²) < 4.78 is 10.5. The van der Waals surface area contributed by atoms with E-state index in [9.17, 15) is 19.5 Å². The van der Waals surface area contributed by atoms with Crippen molar-refractivity contribution in [1.82, 2.24) is 0 Å². The number of Topliss-reactive ketones (excluding diaryl/α,β-unsaturated/α-hetero) is 1. The smallest absolute Gasteiger partial charge is 0.307 e. The monoisotopic (exact) mass is 473 g/mol. The number of carbonyl (C=O) groups excluding carboxylic acids is 2. The maximum atomic E-state index is 13.2. The number of nitrogens with zero attached hydrogens (tertiary/aromatic N) is 1. The standard InChI is InChI=1S/C27H23NO7/c1-34-20-12-8-17(9-13-20)24-23(25(31)18-4-3-5-21(15-18)35-2)26(32)27(33)28(24)19-10-6-16(7-11-19)14-22(29)30/h3-13,15,24,31H,14H2,1-2H3,(H,29,30)/b25-23-. The molecule has 178 valence electrons. The van der Waals surface area contributed by atoms with Gasteiger partial charge in [0.15, 0.2) is 0 Å². The van der Waals surface area contributed by atoms with E-state index in [1.807, 2.05) is 0 Å². The fraction of sp³-hybridized carbons (Fsp3) is 0.148. The molecule has 3 aromatic rings. The van der Waals surface area contributed by atoms with Gasteiger partial charge < -0.3 is 19.7 Å². The van der Waals surface area contributed by atoms with E-state index in [0.29, 0.717) is 33.9 Å². The van der Waals surface area contributed by atoms with E-state index < -0.39 is 23.7 Å². The first-order chi connectivity index (χ1) is 16.8. The minimum absolute atomic E-state index is 0.0666.